The van der Waals surface area contributed by atoms with Crippen molar-refractivity contribution in [3.8, 4) is 0 Å². The number of thiophene rings is 2. The summed E-state index contributed by atoms with van der Waals surface area (Å²) in [6.07, 6.45) is 0.808. The van der Waals surface area contributed by atoms with E-state index in [4.69, 9.17) is 4.74 Å². The highest BCUT2D eigenvalue weighted by Crippen LogP contribution is 2.34. The number of nitrogens with one attached hydrogen (secondary N) is 2. The minimum Gasteiger partial charge on any atom is -0.462 e. The zero-order chi connectivity index (χ0) is 18.4. The Bertz CT molecular complexity index is 766. The van der Waals surface area contributed by atoms with Gasteiger partial charge >= 0.3 is 5.97 Å². The highest BCUT2D eigenvalue weighted by molar-refractivity contribution is 7.19. The second kappa shape index (κ2) is 8.77. The predicted octanol–water partition coefficient (Wildman–Crippen LogP) is 3.69. The van der Waals surface area contributed by atoms with Gasteiger partial charge in [0.25, 0.3) is 11.8 Å². The lowest BCUT2D eigenvalue weighted by molar-refractivity contribution is 0.0527. The molecule has 2 heterocycles. The highest BCUT2D eigenvalue weighted by atomic mass is 32.1. The first kappa shape index (κ1) is 19.1. The molecule has 2 rings (SSSR count). The summed E-state index contributed by atoms with van der Waals surface area (Å²) in [5.41, 5.74) is 0.747. The van der Waals surface area contributed by atoms with E-state index in [0.29, 0.717) is 26.9 Å². The summed E-state index contributed by atoms with van der Waals surface area (Å²) in [4.78, 5) is 37.9. The first-order chi connectivity index (χ1) is 12.0. The predicted molar refractivity (Wildman–Crippen MR) is 99.9 cm³/mol. The van der Waals surface area contributed by atoms with Gasteiger partial charge in [-0.2, -0.15) is 0 Å². The van der Waals surface area contributed by atoms with Crippen molar-refractivity contribution in [2.75, 3.05) is 18.5 Å². The summed E-state index contributed by atoms with van der Waals surface area (Å²) >= 11 is 2.38. The molecule has 2 aromatic rings. The maximum absolute atomic E-state index is 12.3. The molecule has 0 aliphatic carbocycles. The number of hydrogen-bond donors (Lipinski definition) is 2. The molecule has 0 fully saturated rings. The largest absolute Gasteiger partial charge is 0.462 e. The van der Waals surface area contributed by atoms with E-state index in [-0.39, 0.29) is 24.0 Å². The Morgan fingerprint density at radius 3 is 2.56 bits per heavy atom. The number of esters is 1. The summed E-state index contributed by atoms with van der Waals surface area (Å²) < 4.78 is 5.08. The second-order valence-electron chi connectivity index (χ2n) is 5.17. The molecule has 0 saturated carbocycles. The number of hydrogen-bond acceptors (Lipinski definition) is 6. The van der Waals surface area contributed by atoms with Gasteiger partial charge in [0.1, 0.15) is 5.00 Å². The van der Waals surface area contributed by atoms with E-state index in [0.717, 1.165) is 17.8 Å². The lowest BCUT2D eigenvalue weighted by Crippen LogP contribution is -2.23. The molecule has 0 bridgehead atoms. The van der Waals surface area contributed by atoms with Gasteiger partial charge in [0.05, 0.1) is 21.9 Å². The van der Waals surface area contributed by atoms with Crippen LogP contribution >= 0.6 is 22.7 Å². The fraction of sp³-hybridized carbons (Fsp3) is 0.353. The minimum absolute atomic E-state index is 0.212. The van der Waals surface area contributed by atoms with E-state index >= 15 is 0 Å². The quantitative estimate of drug-likeness (QED) is 0.718. The van der Waals surface area contributed by atoms with E-state index in [9.17, 15) is 14.4 Å². The molecule has 0 aromatic carbocycles. The van der Waals surface area contributed by atoms with Crippen molar-refractivity contribution < 1.29 is 19.1 Å². The lowest BCUT2D eigenvalue weighted by atomic mass is 10.1. The maximum atomic E-state index is 12.3. The van der Waals surface area contributed by atoms with Crippen LogP contribution in [0.1, 0.15) is 55.5 Å². The Morgan fingerprint density at radius 2 is 1.96 bits per heavy atom. The zero-order valence-electron chi connectivity index (χ0n) is 14.3. The Morgan fingerprint density at radius 1 is 1.20 bits per heavy atom. The van der Waals surface area contributed by atoms with E-state index in [2.05, 4.69) is 10.6 Å². The van der Waals surface area contributed by atoms with Gasteiger partial charge in [0, 0.05) is 6.54 Å². The number of rotatable bonds is 7. The van der Waals surface area contributed by atoms with Gasteiger partial charge in [-0.15, -0.1) is 22.7 Å². The van der Waals surface area contributed by atoms with Crippen molar-refractivity contribution in [1.82, 2.24) is 5.32 Å². The number of anilines is 1. The molecule has 25 heavy (non-hydrogen) atoms. The first-order valence-electron chi connectivity index (χ1n) is 7.93. The van der Waals surface area contributed by atoms with Crippen molar-refractivity contribution in [2.24, 2.45) is 0 Å². The second-order valence-corrected chi connectivity index (χ2v) is 7.14. The van der Waals surface area contributed by atoms with Crippen molar-refractivity contribution in [3.63, 3.8) is 0 Å². The minimum atomic E-state index is -0.549. The van der Waals surface area contributed by atoms with E-state index in [1.54, 1.807) is 31.4 Å². The number of carbonyl (C=O) groups is 3. The zero-order valence-corrected chi connectivity index (χ0v) is 15.9. The molecule has 0 radical (unpaired) electrons. The highest BCUT2D eigenvalue weighted by Gasteiger charge is 2.26. The van der Waals surface area contributed by atoms with Gasteiger partial charge in [-0.05, 0) is 37.3 Å². The van der Waals surface area contributed by atoms with Crippen LogP contribution in [0, 0.1) is 6.92 Å². The third kappa shape index (κ3) is 4.46. The van der Waals surface area contributed by atoms with Crippen molar-refractivity contribution in [1.29, 1.82) is 0 Å². The van der Waals surface area contributed by atoms with Gasteiger partial charge in [0.15, 0.2) is 0 Å². The van der Waals surface area contributed by atoms with Gasteiger partial charge < -0.3 is 15.4 Å². The van der Waals surface area contributed by atoms with E-state index in [1.165, 1.54) is 11.3 Å². The summed E-state index contributed by atoms with van der Waals surface area (Å²) in [6.45, 7) is 6.10. The van der Waals surface area contributed by atoms with Crippen LogP contribution in [-0.2, 0) is 4.74 Å². The number of amides is 2. The smallest absolute Gasteiger partial charge is 0.341 e. The normalized spacial score (nSPS) is 10.4. The average molecular weight is 380 g/mol. The van der Waals surface area contributed by atoms with Crippen LogP contribution in [0.15, 0.2) is 17.5 Å². The van der Waals surface area contributed by atoms with Crippen molar-refractivity contribution in [3.05, 3.63) is 38.4 Å². The monoisotopic (exact) mass is 380 g/mol. The van der Waals surface area contributed by atoms with Crippen LogP contribution < -0.4 is 10.6 Å². The fourth-order valence-corrected chi connectivity index (χ4v) is 3.88. The Kier molecular flexibility index (Phi) is 6.72. The summed E-state index contributed by atoms with van der Waals surface area (Å²) in [5.74, 6) is -1.12. The molecule has 8 heteroatoms. The van der Waals surface area contributed by atoms with E-state index in [1.807, 2.05) is 6.92 Å². The summed E-state index contributed by atoms with van der Waals surface area (Å²) in [7, 11) is 0. The molecule has 0 spiro atoms. The Labute approximate surface area is 154 Å². The van der Waals surface area contributed by atoms with Crippen LogP contribution in [-0.4, -0.2) is 30.9 Å². The van der Waals surface area contributed by atoms with Crippen LogP contribution in [0.2, 0.25) is 0 Å². The number of carbonyl (C=O) groups excluding carboxylic acids is 3. The van der Waals surface area contributed by atoms with Crippen molar-refractivity contribution in [2.45, 2.75) is 27.2 Å². The maximum Gasteiger partial charge on any atom is 0.341 e. The SMILES string of the molecule is CCCNC(=O)c1sc(NC(=O)c2cccs2)c(C(=O)OCC)c1C. The summed E-state index contributed by atoms with van der Waals surface area (Å²) in [6, 6.07) is 3.47. The van der Waals surface area contributed by atoms with Crippen LogP contribution in [0.5, 0.6) is 0 Å². The van der Waals surface area contributed by atoms with Gasteiger partial charge in [0.2, 0.25) is 0 Å². The fourth-order valence-electron chi connectivity index (χ4n) is 2.16. The molecule has 0 aliphatic heterocycles. The standard InChI is InChI=1S/C17H20N2O4S2/c1-4-8-18-15(21)13-10(3)12(17(22)23-5-2)16(25-13)19-14(20)11-7-6-9-24-11/h6-7,9H,4-5,8H2,1-3H3,(H,18,21)(H,19,20). The molecular weight excluding hydrogens is 360 g/mol. The van der Waals surface area contributed by atoms with Crippen LogP contribution in [0.25, 0.3) is 0 Å². The van der Waals surface area contributed by atoms with Crippen LogP contribution in [0.4, 0.5) is 5.00 Å². The third-order valence-electron chi connectivity index (χ3n) is 3.34. The van der Waals surface area contributed by atoms with Crippen LogP contribution in [0.3, 0.4) is 0 Å². The molecular formula is C17H20N2O4S2. The summed E-state index contributed by atoms with van der Waals surface area (Å²) in [5, 5.41) is 7.65. The average Bonchev–Trinajstić information content (AvgIpc) is 3.21. The Balaban J connectivity index is 2.36. The molecule has 0 saturated heterocycles. The van der Waals surface area contributed by atoms with Gasteiger partial charge in [-0.3, -0.25) is 9.59 Å². The molecule has 2 aromatic heterocycles. The third-order valence-corrected chi connectivity index (χ3v) is 5.41. The number of ether oxygens (including phenoxy) is 1. The molecule has 134 valence electrons. The molecule has 0 atom stereocenters. The molecule has 0 aliphatic rings. The topological polar surface area (TPSA) is 84.5 Å². The first-order valence-corrected chi connectivity index (χ1v) is 9.62. The van der Waals surface area contributed by atoms with Crippen molar-refractivity contribution >= 4 is 45.5 Å². The van der Waals surface area contributed by atoms with Gasteiger partial charge in [-0.25, -0.2) is 4.79 Å². The lowest BCUT2D eigenvalue weighted by Gasteiger charge is -2.06. The van der Waals surface area contributed by atoms with E-state index < -0.39 is 5.97 Å². The molecule has 2 N–H and O–H groups in total. The molecule has 0 unspecified atom stereocenters. The molecule has 2 amide bonds. The Hall–Kier alpha value is -2.19. The molecule has 6 nitrogen and oxygen atoms in total. The van der Waals surface area contributed by atoms with Gasteiger partial charge in [-0.1, -0.05) is 13.0 Å².